The summed E-state index contributed by atoms with van der Waals surface area (Å²) in [6, 6.07) is 7.25. The van der Waals surface area contributed by atoms with Crippen LogP contribution in [0.3, 0.4) is 0 Å². The maximum absolute atomic E-state index is 8.62. The summed E-state index contributed by atoms with van der Waals surface area (Å²) in [4.78, 5) is 0. The smallest absolute Gasteiger partial charge is 0.170 e. The molecule has 0 saturated heterocycles. The number of nitrogens with two attached hydrogens (primary N) is 1. The quantitative estimate of drug-likeness (QED) is 0.337. The molecule has 2 aromatic rings. The van der Waals surface area contributed by atoms with Crippen LogP contribution in [0.15, 0.2) is 35.6 Å². The maximum Gasteiger partial charge on any atom is 0.170 e. The van der Waals surface area contributed by atoms with Crippen LogP contribution in [-0.2, 0) is 20.1 Å². The molecular formula is C13H16ClN5O. The van der Waals surface area contributed by atoms with Crippen molar-refractivity contribution in [2.75, 3.05) is 0 Å². The van der Waals surface area contributed by atoms with Gasteiger partial charge in [-0.15, -0.1) is 0 Å². The van der Waals surface area contributed by atoms with Gasteiger partial charge in [-0.3, -0.25) is 4.68 Å². The third-order valence-corrected chi connectivity index (χ3v) is 3.35. The molecule has 0 unspecified atom stereocenters. The molecular weight excluding hydrogens is 278 g/mol. The first kappa shape index (κ1) is 14.4. The van der Waals surface area contributed by atoms with Crippen LogP contribution < -0.4 is 11.1 Å². The SMILES string of the molecule is Cn1nccc1CNCc1ccc(/C(N)=N/O)cc1Cl. The fourth-order valence-electron chi connectivity index (χ4n) is 1.81. The highest BCUT2D eigenvalue weighted by Crippen LogP contribution is 2.18. The zero-order valence-corrected chi connectivity index (χ0v) is 11.8. The monoisotopic (exact) mass is 293 g/mol. The molecule has 1 aromatic heterocycles. The molecule has 0 fully saturated rings. The lowest BCUT2D eigenvalue weighted by Gasteiger charge is -2.08. The predicted octanol–water partition coefficient (Wildman–Crippen LogP) is 1.46. The van der Waals surface area contributed by atoms with Crippen LogP contribution in [-0.4, -0.2) is 20.8 Å². The number of rotatable bonds is 5. The zero-order valence-electron chi connectivity index (χ0n) is 11.0. The minimum atomic E-state index is 0.0429. The molecule has 0 bridgehead atoms. The molecule has 1 heterocycles. The molecule has 2 rings (SSSR count). The van der Waals surface area contributed by atoms with E-state index >= 15 is 0 Å². The fraction of sp³-hybridized carbons (Fsp3) is 0.231. The summed E-state index contributed by atoms with van der Waals surface area (Å²) in [7, 11) is 1.90. The van der Waals surface area contributed by atoms with Crippen molar-refractivity contribution in [3.63, 3.8) is 0 Å². The van der Waals surface area contributed by atoms with Crippen LogP contribution in [0.25, 0.3) is 0 Å². The molecule has 0 saturated carbocycles. The van der Waals surface area contributed by atoms with Crippen LogP contribution in [0.1, 0.15) is 16.8 Å². The Morgan fingerprint density at radius 3 is 2.85 bits per heavy atom. The zero-order chi connectivity index (χ0) is 14.5. The Bertz CT molecular complexity index is 623. The Morgan fingerprint density at radius 1 is 1.45 bits per heavy atom. The summed E-state index contributed by atoms with van der Waals surface area (Å²) in [5.74, 6) is 0.0429. The average Bonchev–Trinajstić information content (AvgIpc) is 2.85. The first-order valence-electron chi connectivity index (χ1n) is 6.05. The van der Waals surface area contributed by atoms with E-state index in [1.165, 1.54) is 0 Å². The van der Waals surface area contributed by atoms with Gasteiger partial charge in [-0.25, -0.2) is 0 Å². The second-order valence-corrected chi connectivity index (χ2v) is 4.75. The molecule has 106 valence electrons. The second-order valence-electron chi connectivity index (χ2n) is 4.34. The highest BCUT2D eigenvalue weighted by molar-refractivity contribution is 6.31. The summed E-state index contributed by atoms with van der Waals surface area (Å²) in [5.41, 5.74) is 8.14. The van der Waals surface area contributed by atoms with Crippen molar-refractivity contribution in [2.24, 2.45) is 17.9 Å². The molecule has 0 aliphatic carbocycles. The first-order valence-corrected chi connectivity index (χ1v) is 6.43. The van der Waals surface area contributed by atoms with Gasteiger partial charge in [0.2, 0.25) is 0 Å². The number of hydrogen-bond donors (Lipinski definition) is 3. The standard InChI is InChI=1S/C13H16ClN5O/c1-19-11(4-5-17-19)8-16-7-10-3-2-9(6-12(10)14)13(15)18-20/h2-6,16,20H,7-8H2,1H3,(H2,15,18). The van der Waals surface area contributed by atoms with E-state index in [0.29, 0.717) is 23.7 Å². The summed E-state index contributed by atoms with van der Waals surface area (Å²) >= 11 is 6.17. The van der Waals surface area contributed by atoms with Gasteiger partial charge in [-0.1, -0.05) is 28.9 Å². The van der Waals surface area contributed by atoms with Crippen LogP contribution in [0.2, 0.25) is 5.02 Å². The molecule has 20 heavy (non-hydrogen) atoms. The molecule has 0 radical (unpaired) electrons. The minimum absolute atomic E-state index is 0.0429. The van der Waals surface area contributed by atoms with Gasteiger partial charge in [0.15, 0.2) is 5.84 Å². The third-order valence-electron chi connectivity index (χ3n) is 3.00. The van der Waals surface area contributed by atoms with Crippen molar-refractivity contribution in [3.05, 3.63) is 52.3 Å². The number of nitrogens with one attached hydrogen (secondary N) is 1. The van der Waals surface area contributed by atoms with Gasteiger partial charge in [-0.05, 0) is 17.7 Å². The predicted molar refractivity (Wildman–Crippen MR) is 77.7 cm³/mol. The molecule has 0 amide bonds. The third kappa shape index (κ3) is 3.28. The topological polar surface area (TPSA) is 88.5 Å². The van der Waals surface area contributed by atoms with Crippen molar-refractivity contribution in [1.29, 1.82) is 0 Å². The van der Waals surface area contributed by atoms with Gasteiger partial charge in [0, 0.05) is 36.9 Å². The van der Waals surface area contributed by atoms with Crippen molar-refractivity contribution in [2.45, 2.75) is 13.1 Å². The van der Waals surface area contributed by atoms with E-state index in [4.69, 9.17) is 22.5 Å². The maximum atomic E-state index is 8.62. The summed E-state index contributed by atoms with van der Waals surface area (Å²) in [5, 5.41) is 19.5. The molecule has 4 N–H and O–H groups in total. The first-order chi connectivity index (χ1) is 9.61. The molecule has 7 heteroatoms. The van der Waals surface area contributed by atoms with Crippen LogP contribution >= 0.6 is 11.6 Å². The molecule has 6 nitrogen and oxygen atoms in total. The molecule has 1 aromatic carbocycles. The number of aromatic nitrogens is 2. The van der Waals surface area contributed by atoms with Gasteiger partial charge in [0.25, 0.3) is 0 Å². The van der Waals surface area contributed by atoms with Gasteiger partial charge in [0.05, 0.1) is 5.69 Å². The number of hydrogen-bond acceptors (Lipinski definition) is 4. The minimum Gasteiger partial charge on any atom is -0.409 e. The van der Waals surface area contributed by atoms with Gasteiger partial charge in [0.1, 0.15) is 0 Å². The lowest BCUT2D eigenvalue weighted by atomic mass is 10.1. The Balaban J connectivity index is 1.98. The molecule has 0 aliphatic rings. The lowest BCUT2D eigenvalue weighted by molar-refractivity contribution is 0.318. The Hall–Kier alpha value is -2.05. The van der Waals surface area contributed by atoms with E-state index in [9.17, 15) is 0 Å². The van der Waals surface area contributed by atoms with Crippen molar-refractivity contribution in [1.82, 2.24) is 15.1 Å². The van der Waals surface area contributed by atoms with Crippen molar-refractivity contribution < 1.29 is 5.21 Å². The number of halogens is 1. The van der Waals surface area contributed by atoms with Crippen LogP contribution in [0.4, 0.5) is 0 Å². The van der Waals surface area contributed by atoms with Crippen molar-refractivity contribution >= 4 is 17.4 Å². The summed E-state index contributed by atoms with van der Waals surface area (Å²) in [6.07, 6.45) is 1.76. The normalized spacial score (nSPS) is 11.8. The summed E-state index contributed by atoms with van der Waals surface area (Å²) < 4.78 is 1.82. The fourth-order valence-corrected chi connectivity index (χ4v) is 2.06. The number of aryl methyl sites for hydroxylation is 1. The number of oxime groups is 1. The van der Waals surface area contributed by atoms with Gasteiger partial charge in [-0.2, -0.15) is 5.10 Å². The number of benzene rings is 1. The Kier molecular flexibility index (Phi) is 4.60. The number of nitrogens with zero attached hydrogens (tertiary/aromatic N) is 3. The highest BCUT2D eigenvalue weighted by Gasteiger charge is 2.05. The van der Waals surface area contributed by atoms with Crippen molar-refractivity contribution in [3.8, 4) is 0 Å². The van der Waals surface area contributed by atoms with E-state index < -0.39 is 0 Å². The van der Waals surface area contributed by atoms with E-state index in [1.807, 2.05) is 23.9 Å². The van der Waals surface area contributed by atoms with Gasteiger partial charge >= 0.3 is 0 Å². The molecule has 0 spiro atoms. The lowest BCUT2D eigenvalue weighted by Crippen LogP contribution is -2.16. The van der Waals surface area contributed by atoms with Gasteiger partial charge < -0.3 is 16.3 Å². The molecule has 0 atom stereocenters. The number of amidine groups is 1. The second kappa shape index (κ2) is 6.40. The van der Waals surface area contributed by atoms with E-state index in [-0.39, 0.29) is 5.84 Å². The van der Waals surface area contributed by atoms with Crippen LogP contribution in [0.5, 0.6) is 0 Å². The average molecular weight is 294 g/mol. The van der Waals surface area contributed by atoms with E-state index in [0.717, 1.165) is 11.3 Å². The van der Waals surface area contributed by atoms with Crippen LogP contribution in [0, 0.1) is 0 Å². The van der Waals surface area contributed by atoms with E-state index in [1.54, 1.807) is 18.3 Å². The largest absolute Gasteiger partial charge is 0.409 e. The Labute approximate surface area is 121 Å². The Morgan fingerprint density at radius 2 is 2.25 bits per heavy atom. The molecule has 0 aliphatic heterocycles. The summed E-state index contributed by atoms with van der Waals surface area (Å²) in [6.45, 7) is 1.33. The van der Waals surface area contributed by atoms with E-state index in [2.05, 4.69) is 15.6 Å². The highest BCUT2D eigenvalue weighted by atomic mass is 35.5.